The number of ether oxygens (including phenoxy) is 1. The minimum atomic E-state index is 0. The summed E-state index contributed by atoms with van der Waals surface area (Å²) < 4.78 is 11.0. The van der Waals surface area contributed by atoms with E-state index >= 15 is 0 Å². The minimum Gasteiger partial charge on any atom is -0.475 e. The highest BCUT2D eigenvalue weighted by Gasteiger charge is 2.13. The van der Waals surface area contributed by atoms with Crippen LogP contribution in [0.1, 0.15) is 63.5 Å². The smallest absolute Gasteiger partial charge is 0.213 e. The van der Waals surface area contributed by atoms with Crippen molar-refractivity contribution in [3.05, 3.63) is 41.4 Å². The molecule has 0 bridgehead atoms. The van der Waals surface area contributed by atoms with Gasteiger partial charge in [0, 0.05) is 37.8 Å². The first kappa shape index (κ1) is 24.2. The summed E-state index contributed by atoms with van der Waals surface area (Å²) in [7, 11) is 1.74. The standard InChI is InChI=1S/C20H31N5O2.HI/c1-6-16(7-2)18-10-17(27-25-18)13-24-20(21-5)23-12-15-8-9-19(22-11-15)26-14(3)4;/h8-11,14,16H,6-7,12-13H2,1-5H3,(H2,21,23,24);1H. The zero-order chi connectivity index (χ0) is 19.6. The fourth-order valence-corrected chi connectivity index (χ4v) is 2.72. The van der Waals surface area contributed by atoms with E-state index in [0.717, 1.165) is 29.9 Å². The first-order valence-corrected chi connectivity index (χ1v) is 9.57. The summed E-state index contributed by atoms with van der Waals surface area (Å²) in [6.45, 7) is 9.45. The second-order valence-corrected chi connectivity index (χ2v) is 6.68. The van der Waals surface area contributed by atoms with E-state index in [0.29, 0.717) is 30.8 Å². The van der Waals surface area contributed by atoms with Crippen molar-refractivity contribution in [2.24, 2.45) is 4.99 Å². The summed E-state index contributed by atoms with van der Waals surface area (Å²) in [4.78, 5) is 8.54. The molecule has 0 aliphatic carbocycles. The van der Waals surface area contributed by atoms with Gasteiger partial charge in [-0.1, -0.05) is 25.1 Å². The average molecular weight is 501 g/mol. The monoisotopic (exact) mass is 501 g/mol. The zero-order valence-corrected chi connectivity index (χ0v) is 19.7. The lowest BCUT2D eigenvalue weighted by atomic mass is 9.99. The van der Waals surface area contributed by atoms with E-state index in [1.165, 1.54) is 0 Å². The summed E-state index contributed by atoms with van der Waals surface area (Å²) in [5.74, 6) is 2.58. The van der Waals surface area contributed by atoms with Gasteiger partial charge in [0.15, 0.2) is 11.7 Å². The van der Waals surface area contributed by atoms with Gasteiger partial charge in [0.25, 0.3) is 0 Å². The van der Waals surface area contributed by atoms with Crippen LogP contribution in [0.25, 0.3) is 0 Å². The van der Waals surface area contributed by atoms with Crippen molar-refractivity contribution in [1.82, 2.24) is 20.8 Å². The maximum Gasteiger partial charge on any atom is 0.213 e. The van der Waals surface area contributed by atoms with Crippen molar-refractivity contribution >= 4 is 29.9 Å². The van der Waals surface area contributed by atoms with Gasteiger partial charge in [0.1, 0.15) is 0 Å². The van der Waals surface area contributed by atoms with Gasteiger partial charge >= 0.3 is 0 Å². The normalized spacial score (nSPS) is 11.5. The van der Waals surface area contributed by atoms with E-state index in [2.05, 4.69) is 39.6 Å². The molecule has 156 valence electrons. The van der Waals surface area contributed by atoms with Crippen molar-refractivity contribution in [3.63, 3.8) is 0 Å². The number of aromatic nitrogens is 2. The van der Waals surface area contributed by atoms with E-state index < -0.39 is 0 Å². The molecule has 7 nitrogen and oxygen atoms in total. The zero-order valence-electron chi connectivity index (χ0n) is 17.4. The summed E-state index contributed by atoms with van der Waals surface area (Å²) in [6.07, 6.45) is 4.05. The Morgan fingerprint density at radius 3 is 2.46 bits per heavy atom. The number of nitrogens with zero attached hydrogens (tertiary/aromatic N) is 3. The largest absolute Gasteiger partial charge is 0.475 e. The molecular weight excluding hydrogens is 469 g/mol. The molecule has 0 radical (unpaired) electrons. The predicted octanol–water partition coefficient (Wildman–Crippen LogP) is 4.24. The number of pyridine rings is 1. The minimum absolute atomic E-state index is 0. The summed E-state index contributed by atoms with van der Waals surface area (Å²) in [6, 6.07) is 5.89. The molecule has 0 atom stereocenters. The number of rotatable bonds is 9. The number of hydrogen-bond donors (Lipinski definition) is 2. The van der Waals surface area contributed by atoms with Crippen LogP contribution >= 0.6 is 24.0 Å². The first-order chi connectivity index (χ1) is 13.0. The second kappa shape index (κ2) is 12.6. The van der Waals surface area contributed by atoms with Gasteiger partial charge in [0.05, 0.1) is 18.3 Å². The van der Waals surface area contributed by atoms with Crippen LogP contribution in [0, 0.1) is 0 Å². The Kier molecular flexibility index (Phi) is 10.9. The van der Waals surface area contributed by atoms with Gasteiger partial charge in [-0.05, 0) is 32.3 Å². The maximum atomic E-state index is 5.55. The lowest BCUT2D eigenvalue weighted by Gasteiger charge is -2.12. The molecule has 0 spiro atoms. The van der Waals surface area contributed by atoms with Crippen LogP contribution in [-0.2, 0) is 13.1 Å². The third-order valence-electron chi connectivity index (χ3n) is 4.25. The number of nitrogens with one attached hydrogen (secondary N) is 2. The molecule has 2 N–H and O–H groups in total. The summed E-state index contributed by atoms with van der Waals surface area (Å²) in [5, 5.41) is 10.7. The first-order valence-electron chi connectivity index (χ1n) is 9.57. The summed E-state index contributed by atoms with van der Waals surface area (Å²) >= 11 is 0. The molecule has 0 aliphatic heterocycles. The SMILES string of the molecule is CCC(CC)c1cc(CNC(=NC)NCc2ccc(OC(C)C)nc2)on1.I. The van der Waals surface area contributed by atoms with Crippen LogP contribution in [0.2, 0.25) is 0 Å². The van der Waals surface area contributed by atoms with Gasteiger partial charge < -0.3 is 19.9 Å². The molecule has 28 heavy (non-hydrogen) atoms. The number of guanidine groups is 1. The van der Waals surface area contributed by atoms with Crippen molar-refractivity contribution in [1.29, 1.82) is 0 Å². The topological polar surface area (TPSA) is 84.6 Å². The van der Waals surface area contributed by atoms with Crippen molar-refractivity contribution in [3.8, 4) is 5.88 Å². The fraction of sp³-hybridized carbons (Fsp3) is 0.550. The van der Waals surface area contributed by atoms with Crippen LogP contribution < -0.4 is 15.4 Å². The molecule has 0 saturated heterocycles. The lowest BCUT2D eigenvalue weighted by molar-refractivity contribution is 0.232. The van der Waals surface area contributed by atoms with Crippen molar-refractivity contribution in [2.45, 2.75) is 65.6 Å². The van der Waals surface area contributed by atoms with Crippen LogP contribution in [0.15, 0.2) is 33.9 Å². The fourth-order valence-electron chi connectivity index (χ4n) is 2.72. The van der Waals surface area contributed by atoms with E-state index in [1.807, 2.05) is 32.0 Å². The molecule has 0 unspecified atom stereocenters. The van der Waals surface area contributed by atoms with Gasteiger partial charge in [0.2, 0.25) is 5.88 Å². The molecular formula is C20H32IN5O2. The third kappa shape index (κ3) is 7.65. The average Bonchev–Trinajstić information content (AvgIpc) is 3.12. The van der Waals surface area contributed by atoms with Crippen molar-refractivity contribution in [2.75, 3.05) is 7.05 Å². The number of hydrogen-bond acceptors (Lipinski definition) is 5. The molecule has 0 fully saturated rings. The van der Waals surface area contributed by atoms with Gasteiger partial charge in [-0.15, -0.1) is 24.0 Å². The van der Waals surface area contributed by atoms with E-state index in [1.54, 1.807) is 13.2 Å². The number of halogens is 1. The van der Waals surface area contributed by atoms with E-state index in [4.69, 9.17) is 9.26 Å². The molecule has 2 aromatic rings. The Labute approximate surface area is 184 Å². The van der Waals surface area contributed by atoms with Gasteiger partial charge in [-0.2, -0.15) is 0 Å². The third-order valence-corrected chi connectivity index (χ3v) is 4.25. The maximum absolute atomic E-state index is 5.55. The van der Waals surface area contributed by atoms with Crippen molar-refractivity contribution < 1.29 is 9.26 Å². The molecule has 0 aliphatic rings. The van der Waals surface area contributed by atoms with E-state index in [9.17, 15) is 0 Å². The molecule has 0 saturated carbocycles. The second-order valence-electron chi connectivity index (χ2n) is 6.68. The van der Waals surface area contributed by atoms with Crippen LogP contribution in [0.3, 0.4) is 0 Å². The Balaban J connectivity index is 0.00000392. The quantitative estimate of drug-likeness (QED) is 0.304. The highest BCUT2D eigenvalue weighted by Crippen LogP contribution is 2.22. The molecule has 2 rings (SSSR count). The Morgan fingerprint density at radius 2 is 1.89 bits per heavy atom. The molecule has 0 amide bonds. The van der Waals surface area contributed by atoms with Gasteiger partial charge in [-0.25, -0.2) is 4.98 Å². The van der Waals surface area contributed by atoms with Crippen LogP contribution in [0.5, 0.6) is 5.88 Å². The predicted molar refractivity (Wildman–Crippen MR) is 122 cm³/mol. The lowest BCUT2D eigenvalue weighted by Crippen LogP contribution is -2.36. The molecule has 2 heterocycles. The molecule has 8 heteroatoms. The summed E-state index contributed by atoms with van der Waals surface area (Å²) in [5.41, 5.74) is 2.07. The Morgan fingerprint density at radius 1 is 1.18 bits per heavy atom. The molecule has 0 aromatic carbocycles. The van der Waals surface area contributed by atoms with Crippen LogP contribution in [-0.4, -0.2) is 29.3 Å². The van der Waals surface area contributed by atoms with E-state index in [-0.39, 0.29) is 30.1 Å². The van der Waals surface area contributed by atoms with Gasteiger partial charge in [-0.3, -0.25) is 4.99 Å². The van der Waals surface area contributed by atoms with Crippen LogP contribution in [0.4, 0.5) is 0 Å². The Hall–Kier alpha value is -1.84. The Bertz CT molecular complexity index is 712. The number of aliphatic imine (C=N–C) groups is 1. The molecule has 2 aromatic heterocycles. The highest BCUT2D eigenvalue weighted by molar-refractivity contribution is 14.0. The highest BCUT2D eigenvalue weighted by atomic mass is 127.